The molecular weight excluding hydrogens is 428 g/mol. The predicted molar refractivity (Wildman–Crippen MR) is 111 cm³/mol. The molecule has 138 valence electrons. The predicted octanol–water partition coefficient (Wildman–Crippen LogP) is 4.25. The molecule has 0 saturated carbocycles. The van der Waals surface area contributed by atoms with Gasteiger partial charge in [0.05, 0.1) is 0 Å². The van der Waals surface area contributed by atoms with Gasteiger partial charge < -0.3 is 9.80 Å². The van der Waals surface area contributed by atoms with Gasteiger partial charge in [-0.3, -0.25) is 9.36 Å². The Hall–Kier alpha value is -2.31. The summed E-state index contributed by atoms with van der Waals surface area (Å²) in [5.41, 5.74) is 1.69. The van der Waals surface area contributed by atoms with Gasteiger partial charge in [0.1, 0.15) is 0 Å². The zero-order chi connectivity index (χ0) is 18.8. The van der Waals surface area contributed by atoms with Crippen molar-refractivity contribution in [3.05, 3.63) is 76.0 Å². The standard InChI is InChI=1S/C20H18BrClN4O/c21-16-6-4-15(5-7-16)19(27)24-10-12-25(13-11-24)20-23-8-9-26(20)18-3-1-2-17(22)14-18/h1-9,14H,10-13H2. The molecule has 2 aromatic carbocycles. The second-order valence-electron chi connectivity index (χ2n) is 6.36. The number of amides is 1. The number of carbonyl (C=O) groups is 1. The summed E-state index contributed by atoms with van der Waals surface area (Å²) in [6.07, 6.45) is 3.72. The van der Waals surface area contributed by atoms with Crippen LogP contribution in [0.15, 0.2) is 65.4 Å². The minimum absolute atomic E-state index is 0.0698. The van der Waals surface area contributed by atoms with Crippen LogP contribution in [-0.2, 0) is 0 Å². The third kappa shape index (κ3) is 3.87. The first kappa shape index (κ1) is 18.1. The molecule has 2 heterocycles. The number of imidazole rings is 1. The van der Waals surface area contributed by atoms with Gasteiger partial charge in [-0.05, 0) is 42.5 Å². The van der Waals surface area contributed by atoms with Crippen LogP contribution < -0.4 is 4.90 Å². The third-order valence-corrected chi connectivity index (χ3v) is 5.41. The van der Waals surface area contributed by atoms with Crippen molar-refractivity contribution in [3.8, 4) is 5.69 Å². The van der Waals surface area contributed by atoms with E-state index in [-0.39, 0.29) is 5.91 Å². The molecular formula is C20H18BrClN4O. The topological polar surface area (TPSA) is 41.4 Å². The lowest BCUT2D eigenvalue weighted by Gasteiger charge is -2.35. The Kier molecular flexibility index (Phi) is 5.18. The molecule has 0 aliphatic carbocycles. The van der Waals surface area contributed by atoms with Gasteiger partial charge in [-0.25, -0.2) is 4.98 Å². The lowest BCUT2D eigenvalue weighted by Crippen LogP contribution is -2.49. The number of piperazine rings is 1. The molecule has 4 rings (SSSR count). The van der Waals surface area contributed by atoms with Gasteiger partial charge in [0.25, 0.3) is 5.91 Å². The van der Waals surface area contributed by atoms with Crippen molar-refractivity contribution in [2.24, 2.45) is 0 Å². The first-order valence-electron chi connectivity index (χ1n) is 8.71. The SMILES string of the molecule is O=C(c1ccc(Br)cc1)N1CCN(c2nccn2-c2cccc(Cl)c2)CC1. The second kappa shape index (κ2) is 7.74. The Bertz CT molecular complexity index is 949. The van der Waals surface area contributed by atoms with Crippen molar-refractivity contribution >= 4 is 39.4 Å². The van der Waals surface area contributed by atoms with Gasteiger partial charge in [-0.15, -0.1) is 0 Å². The molecule has 5 nitrogen and oxygen atoms in total. The summed E-state index contributed by atoms with van der Waals surface area (Å²) in [5, 5.41) is 0.692. The number of carbonyl (C=O) groups excluding carboxylic acids is 1. The van der Waals surface area contributed by atoms with Crippen molar-refractivity contribution in [3.63, 3.8) is 0 Å². The van der Waals surface area contributed by atoms with Crippen LogP contribution in [0.2, 0.25) is 5.02 Å². The van der Waals surface area contributed by atoms with E-state index in [1.807, 2.05) is 64.2 Å². The zero-order valence-corrected chi connectivity index (χ0v) is 16.9. The molecule has 0 atom stereocenters. The minimum Gasteiger partial charge on any atom is -0.338 e. The smallest absolute Gasteiger partial charge is 0.253 e. The average molecular weight is 446 g/mol. The first-order valence-corrected chi connectivity index (χ1v) is 9.88. The summed E-state index contributed by atoms with van der Waals surface area (Å²) in [6, 6.07) is 15.2. The van der Waals surface area contributed by atoms with Crippen molar-refractivity contribution < 1.29 is 4.79 Å². The second-order valence-corrected chi connectivity index (χ2v) is 7.72. The van der Waals surface area contributed by atoms with Crippen LogP contribution in [0.25, 0.3) is 5.69 Å². The zero-order valence-electron chi connectivity index (χ0n) is 14.6. The summed E-state index contributed by atoms with van der Waals surface area (Å²) in [5.74, 6) is 0.938. The Morgan fingerprint density at radius 1 is 1.04 bits per heavy atom. The number of hydrogen-bond acceptors (Lipinski definition) is 3. The van der Waals surface area contributed by atoms with Crippen LogP contribution in [0.1, 0.15) is 10.4 Å². The van der Waals surface area contributed by atoms with E-state index in [1.165, 1.54) is 0 Å². The van der Waals surface area contributed by atoms with Crippen molar-refractivity contribution in [1.29, 1.82) is 0 Å². The molecule has 1 saturated heterocycles. The first-order chi connectivity index (χ1) is 13.1. The number of hydrogen-bond donors (Lipinski definition) is 0. The molecule has 0 N–H and O–H groups in total. The molecule has 0 radical (unpaired) electrons. The number of aromatic nitrogens is 2. The molecule has 0 unspecified atom stereocenters. The summed E-state index contributed by atoms with van der Waals surface area (Å²) in [4.78, 5) is 21.3. The molecule has 7 heteroatoms. The van der Waals surface area contributed by atoms with Gasteiger partial charge in [-0.2, -0.15) is 0 Å². The van der Waals surface area contributed by atoms with Crippen LogP contribution >= 0.6 is 27.5 Å². The fourth-order valence-corrected chi connectivity index (χ4v) is 3.69. The Labute approximate surface area is 171 Å². The highest BCUT2D eigenvalue weighted by Gasteiger charge is 2.24. The number of anilines is 1. The van der Waals surface area contributed by atoms with Crippen LogP contribution in [0, 0.1) is 0 Å². The molecule has 0 spiro atoms. The summed E-state index contributed by atoms with van der Waals surface area (Å²) < 4.78 is 3.00. The maximum Gasteiger partial charge on any atom is 0.253 e. The Morgan fingerprint density at radius 3 is 2.48 bits per heavy atom. The van der Waals surface area contributed by atoms with Crippen LogP contribution in [0.5, 0.6) is 0 Å². The highest BCUT2D eigenvalue weighted by molar-refractivity contribution is 9.10. The third-order valence-electron chi connectivity index (χ3n) is 4.65. The molecule has 1 aliphatic rings. The van der Waals surface area contributed by atoms with Gasteiger partial charge in [0.15, 0.2) is 0 Å². The number of halogens is 2. The van der Waals surface area contributed by atoms with E-state index in [0.717, 1.165) is 29.2 Å². The Balaban J connectivity index is 1.47. The van der Waals surface area contributed by atoms with Crippen molar-refractivity contribution in [2.75, 3.05) is 31.1 Å². The van der Waals surface area contributed by atoms with Crippen molar-refractivity contribution in [1.82, 2.24) is 14.5 Å². The van der Waals surface area contributed by atoms with E-state index in [4.69, 9.17) is 11.6 Å². The summed E-state index contributed by atoms with van der Waals surface area (Å²) in [6.45, 7) is 2.80. The van der Waals surface area contributed by atoms with E-state index in [2.05, 4.69) is 25.8 Å². The van der Waals surface area contributed by atoms with E-state index in [1.54, 1.807) is 6.20 Å². The molecule has 27 heavy (non-hydrogen) atoms. The van der Waals surface area contributed by atoms with Gasteiger partial charge in [0, 0.05) is 59.3 Å². The Morgan fingerprint density at radius 2 is 1.78 bits per heavy atom. The lowest BCUT2D eigenvalue weighted by molar-refractivity contribution is 0.0746. The average Bonchev–Trinajstić information content (AvgIpc) is 3.18. The maximum absolute atomic E-state index is 12.7. The van der Waals surface area contributed by atoms with Crippen LogP contribution in [0.4, 0.5) is 5.95 Å². The fraction of sp³-hybridized carbons (Fsp3) is 0.200. The molecule has 1 amide bonds. The van der Waals surface area contributed by atoms with Crippen LogP contribution in [-0.4, -0.2) is 46.5 Å². The van der Waals surface area contributed by atoms with E-state index in [9.17, 15) is 4.79 Å². The molecule has 3 aromatic rings. The van der Waals surface area contributed by atoms with Gasteiger partial charge in [-0.1, -0.05) is 33.6 Å². The summed E-state index contributed by atoms with van der Waals surface area (Å²) in [7, 11) is 0. The quantitative estimate of drug-likeness (QED) is 0.605. The highest BCUT2D eigenvalue weighted by atomic mass is 79.9. The van der Waals surface area contributed by atoms with E-state index < -0.39 is 0 Å². The van der Waals surface area contributed by atoms with E-state index >= 15 is 0 Å². The highest BCUT2D eigenvalue weighted by Crippen LogP contribution is 2.22. The van der Waals surface area contributed by atoms with Gasteiger partial charge >= 0.3 is 0 Å². The van der Waals surface area contributed by atoms with Gasteiger partial charge in [0.2, 0.25) is 5.95 Å². The molecule has 1 aliphatic heterocycles. The maximum atomic E-state index is 12.7. The lowest BCUT2D eigenvalue weighted by atomic mass is 10.2. The largest absolute Gasteiger partial charge is 0.338 e. The summed E-state index contributed by atoms with van der Waals surface area (Å²) >= 11 is 9.53. The van der Waals surface area contributed by atoms with E-state index in [0.29, 0.717) is 23.7 Å². The fourth-order valence-electron chi connectivity index (χ4n) is 3.24. The number of rotatable bonds is 3. The van der Waals surface area contributed by atoms with Crippen molar-refractivity contribution in [2.45, 2.75) is 0 Å². The molecule has 0 bridgehead atoms. The normalized spacial score (nSPS) is 14.4. The molecule has 1 aromatic heterocycles. The number of benzene rings is 2. The number of nitrogens with zero attached hydrogens (tertiary/aromatic N) is 4. The minimum atomic E-state index is 0.0698. The monoisotopic (exact) mass is 444 g/mol. The van der Waals surface area contributed by atoms with Crippen LogP contribution in [0.3, 0.4) is 0 Å². The molecule has 1 fully saturated rings.